The van der Waals surface area contributed by atoms with Crippen LogP contribution in [-0.4, -0.2) is 22.8 Å². The van der Waals surface area contributed by atoms with Crippen molar-refractivity contribution >= 4 is 28.8 Å². The molecule has 1 radical (unpaired) electrons. The number of nitrogens with two attached hydrogens (primary N) is 1. The third-order valence-electron chi connectivity index (χ3n) is 0.774. The van der Waals surface area contributed by atoms with Gasteiger partial charge in [0.25, 0.3) is 0 Å². The number of nitrogens with zero attached hydrogens (tertiary/aromatic N) is 2. The van der Waals surface area contributed by atoms with E-state index in [-0.39, 0.29) is 11.0 Å². The van der Waals surface area contributed by atoms with Crippen LogP contribution < -0.4 is 11.1 Å². The van der Waals surface area contributed by atoms with Crippen LogP contribution in [0.1, 0.15) is 0 Å². The van der Waals surface area contributed by atoms with Gasteiger partial charge in [0.1, 0.15) is 5.84 Å². The van der Waals surface area contributed by atoms with Gasteiger partial charge in [-0.2, -0.15) is 5.32 Å². The first-order chi connectivity index (χ1) is 4.68. The molecule has 2 amide bonds. The minimum atomic E-state index is -0.763. The van der Waals surface area contributed by atoms with Crippen molar-refractivity contribution in [3.05, 3.63) is 0 Å². The average molecular weight is 157 g/mol. The van der Waals surface area contributed by atoms with Gasteiger partial charge in [-0.1, -0.05) is 11.8 Å². The second-order valence-corrected chi connectivity index (χ2v) is 2.52. The molecule has 1 aliphatic heterocycles. The highest BCUT2D eigenvalue weighted by Gasteiger charge is 2.14. The van der Waals surface area contributed by atoms with Gasteiger partial charge >= 0.3 is 6.03 Å². The zero-order chi connectivity index (χ0) is 7.56. The molecular formula is C4H5N4OS. The van der Waals surface area contributed by atoms with E-state index in [0.29, 0.717) is 5.75 Å². The fraction of sp³-hybridized carbons (Fsp3) is 0.250. The van der Waals surface area contributed by atoms with Crippen molar-refractivity contribution in [1.82, 2.24) is 5.32 Å². The monoisotopic (exact) mass is 157 g/mol. The van der Waals surface area contributed by atoms with Gasteiger partial charge in [0.15, 0.2) is 5.17 Å². The number of primary amides is 1. The lowest BCUT2D eigenvalue weighted by atomic mass is 10.7. The highest BCUT2D eigenvalue weighted by molar-refractivity contribution is 8.14. The maximum Gasteiger partial charge on any atom is 0.340 e. The largest absolute Gasteiger partial charge is 0.350 e. The Bertz CT molecular complexity index is 211. The number of nitrogens with one attached hydrogen (secondary N) is 1. The van der Waals surface area contributed by atoms with E-state index in [9.17, 15) is 4.79 Å². The number of hydrogen-bond donors (Lipinski definition) is 2. The van der Waals surface area contributed by atoms with Crippen molar-refractivity contribution in [2.45, 2.75) is 0 Å². The summed E-state index contributed by atoms with van der Waals surface area (Å²) in [6, 6.07) is -0.763. The molecule has 1 aliphatic rings. The number of amides is 2. The summed E-state index contributed by atoms with van der Waals surface area (Å²) in [5, 5.41) is 10.6. The first kappa shape index (κ1) is 7.07. The Morgan fingerprint density at radius 3 is 3.00 bits per heavy atom. The number of rotatable bonds is 0. The van der Waals surface area contributed by atoms with Gasteiger partial charge in [0, 0.05) is 0 Å². The summed E-state index contributed by atoms with van der Waals surface area (Å²) >= 11 is 1.24. The molecule has 0 aromatic heterocycles. The number of urea groups is 1. The minimum absolute atomic E-state index is 0.227. The molecule has 0 bridgehead atoms. The van der Waals surface area contributed by atoms with E-state index in [1.165, 1.54) is 11.8 Å². The van der Waals surface area contributed by atoms with Gasteiger partial charge in [-0.3, -0.25) is 5.41 Å². The summed E-state index contributed by atoms with van der Waals surface area (Å²) in [6.45, 7) is 0. The van der Waals surface area contributed by atoms with Crippen LogP contribution in [0.5, 0.6) is 0 Å². The smallest absolute Gasteiger partial charge is 0.340 e. The summed E-state index contributed by atoms with van der Waals surface area (Å²) < 4.78 is 0. The van der Waals surface area contributed by atoms with E-state index < -0.39 is 6.03 Å². The highest BCUT2D eigenvalue weighted by Crippen LogP contribution is 2.10. The predicted molar refractivity (Wildman–Crippen MR) is 39.3 cm³/mol. The minimum Gasteiger partial charge on any atom is -0.350 e. The lowest BCUT2D eigenvalue weighted by molar-refractivity contribution is 0.252. The molecule has 0 atom stereocenters. The van der Waals surface area contributed by atoms with Crippen LogP contribution in [0.25, 0.3) is 0 Å². The Kier molecular flexibility index (Phi) is 1.91. The van der Waals surface area contributed by atoms with Crippen molar-refractivity contribution in [1.29, 1.82) is 5.41 Å². The number of amidine groups is 2. The van der Waals surface area contributed by atoms with Crippen molar-refractivity contribution in [2.75, 3.05) is 5.75 Å². The van der Waals surface area contributed by atoms with E-state index >= 15 is 0 Å². The van der Waals surface area contributed by atoms with Crippen molar-refractivity contribution in [3.63, 3.8) is 0 Å². The number of carbonyl (C=O) groups is 1. The number of thioether (sulfide) groups is 1. The van der Waals surface area contributed by atoms with Crippen LogP contribution in [0.2, 0.25) is 0 Å². The van der Waals surface area contributed by atoms with Crippen LogP contribution in [0.4, 0.5) is 4.79 Å². The Labute approximate surface area is 61.6 Å². The fourth-order valence-electron chi connectivity index (χ4n) is 0.464. The zero-order valence-electron chi connectivity index (χ0n) is 5.00. The molecule has 3 N–H and O–H groups in total. The molecule has 1 rings (SSSR count). The van der Waals surface area contributed by atoms with Gasteiger partial charge < -0.3 is 5.73 Å². The topological polar surface area (TPSA) is 93.4 Å². The summed E-state index contributed by atoms with van der Waals surface area (Å²) in [5.74, 6) is 0.705. The van der Waals surface area contributed by atoms with Crippen molar-refractivity contribution in [3.8, 4) is 0 Å². The van der Waals surface area contributed by atoms with Gasteiger partial charge in [-0.25, -0.2) is 9.79 Å². The number of aliphatic imine (C=N–C) groups is 1. The van der Waals surface area contributed by atoms with Gasteiger partial charge in [-0.15, -0.1) is 0 Å². The Morgan fingerprint density at radius 2 is 2.60 bits per heavy atom. The van der Waals surface area contributed by atoms with E-state index in [1.807, 2.05) is 0 Å². The first-order valence-electron chi connectivity index (χ1n) is 2.48. The highest BCUT2D eigenvalue weighted by atomic mass is 32.2. The van der Waals surface area contributed by atoms with Crippen LogP contribution in [0.15, 0.2) is 4.99 Å². The van der Waals surface area contributed by atoms with Crippen molar-refractivity contribution in [2.24, 2.45) is 10.7 Å². The Hall–Kier alpha value is -1.04. The van der Waals surface area contributed by atoms with E-state index in [4.69, 9.17) is 11.1 Å². The second kappa shape index (κ2) is 2.70. The Morgan fingerprint density at radius 1 is 1.90 bits per heavy atom. The second-order valence-electron chi connectivity index (χ2n) is 1.58. The first-order valence-corrected chi connectivity index (χ1v) is 3.47. The molecule has 0 fully saturated rings. The van der Waals surface area contributed by atoms with Crippen LogP contribution in [0.3, 0.4) is 0 Å². The fourth-order valence-corrected chi connectivity index (χ4v) is 1.12. The quantitative estimate of drug-likeness (QED) is 0.507. The summed E-state index contributed by atoms with van der Waals surface area (Å²) in [7, 11) is 0. The third-order valence-corrected chi connectivity index (χ3v) is 1.63. The summed E-state index contributed by atoms with van der Waals surface area (Å²) in [6.07, 6.45) is 0. The molecule has 0 aromatic rings. The molecule has 0 saturated carbocycles. The van der Waals surface area contributed by atoms with Gasteiger partial charge in [-0.05, 0) is 0 Å². The maximum atomic E-state index is 10.2. The van der Waals surface area contributed by atoms with E-state index in [2.05, 4.69) is 10.3 Å². The SMILES string of the molecule is N=C1CSC([N]C(N)=O)=N1. The molecule has 5 nitrogen and oxygen atoms in total. The van der Waals surface area contributed by atoms with E-state index in [1.54, 1.807) is 0 Å². The summed E-state index contributed by atoms with van der Waals surface area (Å²) in [5.41, 5.74) is 4.75. The molecule has 0 unspecified atom stereocenters. The average Bonchev–Trinajstić information content (AvgIpc) is 2.13. The standard InChI is InChI=1S/C4H5N4OS/c5-2-1-10-4(7-2)8-3(6)9/h5H,1H2,(H2,6,9). The number of carbonyl (C=O) groups excluding carboxylic acids is 1. The van der Waals surface area contributed by atoms with Crippen LogP contribution in [-0.2, 0) is 0 Å². The molecule has 53 valence electrons. The van der Waals surface area contributed by atoms with Gasteiger partial charge in [0.2, 0.25) is 0 Å². The third kappa shape index (κ3) is 1.73. The normalized spacial score (nSPS) is 16.8. The molecule has 0 spiro atoms. The predicted octanol–water partition coefficient (Wildman–Crippen LogP) is -0.250. The molecule has 1 heterocycles. The molecule has 0 aromatic carbocycles. The number of hydrogen-bond acceptors (Lipinski definition) is 3. The molecule has 0 aliphatic carbocycles. The zero-order valence-corrected chi connectivity index (χ0v) is 5.81. The molecule has 10 heavy (non-hydrogen) atoms. The van der Waals surface area contributed by atoms with Crippen molar-refractivity contribution < 1.29 is 4.79 Å². The molecule has 6 heteroatoms. The summed E-state index contributed by atoms with van der Waals surface area (Å²) in [4.78, 5) is 13.8. The molecule has 0 saturated heterocycles. The van der Waals surface area contributed by atoms with Gasteiger partial charge in [0.05, 0.1) is 5.75 Å². The lowest BCUT2D eigenvalue weighted by Crippen LogP contribution is -2.25. The van der Waals surface area contributed by atoms with Crippen LogP contribution in [0, 0.1) is 5.41 Å². The lowest BCUT2D eigenvalue weighted by Gasteiger charge is -1.90. The Balaban J connectivity index is 2.50. The maximum absolute atomic E-state index is 10.2. The van der Waals surface area contributed by atoms with E-state index in [0.717, 1.165) is 0 Å². The van der Waals surface area contributed by atoms with Crippen LogP contribution >= 0.6 is 11.8 Å². The molecular weight excluding hydrogens is 152 g/mol.